The summed E-state index contributed by atoms with van der Waals surface area (Å²) in [6.07, 6.45) is 14.2. The summed E-state index contributed by atoms with van der Waals surface area (Å²) in [5, 5.41) is 9.38. The number of esters is 1. The van der Waals surface area contributed by atoms with Gasteiger partial charge >= 0.3 is 11.9 Å². The van der Waals surface area contributed by atoms with E-state index in [0.29, 0.717) is 13.0 Å². The first-order valence-corrected chi connectivity index (χ1v) is 12.6. The Labute approximate surface area is 194 Å². The van der Waals surface area contributed by atoms with Crippen LogP contribution in [0.2, 0.25) is 0 Å². The van der Waals surface area contributed by atoms with Crippen molar-refractivity contribution in [3.8, 4) is 0 Å². The lowest BCUT2D eigenvalue weighted by Crippen LogP contribution is -2.23. The normalized spacial score (nSPS) is 12.9. The third-order valence-corrected chi connectivity index (χ3v) is 5.77. The lowest BCUT2D eigenvalue weighted by molar-refractivity contribution is -0.152. The van der Waals surface area contributed by atoms with E-state index in [4.69, 9.17) is 9.47 Å². The largest absolute Gasteiger partial charge is 0.479 e. The predicted molar refractivity (Wildman–Crippen MR) is 129 cm³/mol. The third-order valence-electron chi connectivity index (χ3n) is 5.77. The molecular formula is C27H44O5. The van der Waals surface area contributed by atoms with Gasteiger partial charge in [-0.05, 0) is 37.7 Å². The molecule has 0 aliphatic carbocycles. The molecular weight excluding hydrogens is 404 g/mol. The molecule has 0 saturated heterocycles. The molecule has 0 fully saturated rings. The van der Waals surface area contributed by atoms with Gasteiger partial charge in [0.2, 0.25) is 0 Å². The van der Waals surface area contributed by atoms with Crippen LogP contribution in [0.3, 0.4) is 0 Å². The summed E-state index contributed by atoms with van der Waals surface area (Å²) in [4.78, 5) is 22.8. The quantitative estimate of drug-likeness (QED) is 0.171. The molecule has 0 amide bonds. The lowest BCUT2D eigenvalue weighted by Gasteiger charge is -2.17. The zero-order chi connectivity index (χ0) is 23.4. The minimum absolute atomic E-state index is 0.0622. The van der Waals surface area contributed by atoms with Crippen molar-refractivity contribution >= 4 is 11.9 Å². The Morgan fingerprint density at radius 2 is 1.34 bits per heavy atom. The van der Waals surface area contributed by atoms with Gasteiger partial charge in [0.25, 0.3) is 0 Å². The molecule has 0 bridgehead atoms. The maximum atomic E-state index is 11.4. The number of carbonyl (C=O) groups is 2. The van der Waals surface area contributed by atoms with E-state index in [0.717, 1.165) is 63.4 Å². The lowest BCUT2D eigenvalue weighted by atomic mass is 10.0. The first-order valence-electron chi connectivity index (χ1n) is 12.6. The van der Waals surface area contributed by atoms with Crippen molar-refractivity contribution in [2.45, 2.75) is 123 Å². The Hall–Kier alpha value is -1.88. The first kappa shape index (κ1) is 28.2. The number of benzene rings is 1. The number of ether oxygens (including phenoxy) is 2. The van der Waals surface area contributed by atoms with Crippen molar-refractivity contribution in [3.05, 3.63) is 35.9 Å². The van der Waals surface area contributed by atoms with Crippen LogP contribution in [0.4, 0.5) is 0 Å². The molecule has 182 valence electrons. The van der Waals surface area contributed by atoms with E-state index >= 15 is 0 Å². The second-order valence-corrected chi connectivity index (χ2v) is 8.76. The first-order chi connectivity index (χ1) is 15.5. The van der Waals surface area contributed by atoms with Gasteiger partial charge in [0.05, 0.1) is 6.61 Å². The standard InChI is InChI=1S/C27H44O5/c1-3-4-5-8-14-19-25(32-23(2)28)20-15-9-6-7-10-16-21-26(27(29)30)31-22-24-17-12-11-13-18-24/h11-13,17-18,25-26H,3-10,14-16,19-22H2,1-2H3,(H,29,30). The highest BCUT2D eigenvalue weighted by atomic mass is 16.5. The van der Waals surface area contributed by atoms with Gasteiger partial charge in [-0.3, -0.25) is 4.79 Å². The van der Waals surface area contributed by atoms with Crippen LogP contribution in [-0.4, -0.2) is 29.3 Å². The van der Waals surface area contributed by atoms with Gasteiger partial charge in [-0.25, -0.2) is 4.79 Å². The Morgan fingerprint density at radius 1 is 0.812 bits per heavy atom. The van der Waals surface area contributed by atoms with Crippen LogP contribution in [0, 0.1) is 0 Å². The monoisotopic (exact) mass is 448 g/mol. The van der Waals surface area contributed by atoms with Gasteiger partial charge < -0.3 is 14.6 Å². The molecule has 0 aromatic heterocycles. The molecule has 0 aliphatic rings. The number of carboxylic acids is 1. The summed E-state index contributed by atoms with van der Waals surface area (Å²) >= 11 is 0. The fourth-order valence-corrected chi connectivity index (χ4v) is 3.93. The number of carboxylic acid groups (broad SMARTS) is 1. The van der Waals surface area contributed by atoms with E-state index in [2.05, 4.69) is 6.92 Å². The smallest absolute Gasteiger partial charge is 0.332 e. The summed E-state index contributed by atoms with van der Waals surface area (Å²) in [6.45, 7) is 4.05. The molecule has 0 saturated carbocycles. The van der Waals surface area contributed by atoms with Crippen LogP contribution in [0.1, 0.15) is 109 Å². The molecule has 1 aromatic rings. The number of rotatable bonds is 20. The molecule has 1 aromatic carbocycles. The summed E-state index contributed by atoms with van der Waals surface area (Å²) in [6, 6.07) is 9.67. The topological polar surface area (TPSA) is 72.8 Å². The van der Waals surface area contributed by atoms with E-state index in [1.165, 1.54) is 32.6 Å². The Balaban J connectivity index is 2.11. The van der Waals surface area contributed by atoms with Gasteiger partial charge in [-0.2, -0.15) is 0 Å². The minimum atomic E-state index is -0.882. The van der Waals surface area contributed by atoms with Gasteiger partial charge in [0.15, 0.2) is 6.10 Å². The van der Waals surface area contributed by atoms with Crippen LogP contribution < -0.4 is 0 Å². The average Bonchev–Trinajstić information content (AvgIpc) is 2.77. The van der Waals surface area contributed by atoms with E-state index in [1.54, 1.807) is 0 Å². The molecule has 2 unspecified atom stereocenters. The van der Waals surface area contributed by atoms with Crippen molar-refractivity contribution in [2.24, 2.45) is 0 Å². The Kier molecular flexibility index (Phi) is 16.4. The SMILES string of the molecule is CCCCCCCC(CCCCCCCCC(OCc1ccccc1)C(=O)O)OC(C)=O. The molecule has 0 aliphatic heterocycles. The van der Waals surface area contributed by atoms with Gasteiger partial charge in [0.1, 0.15) is 6.10 Å². The van der Waals surface area contributed by atoms with E-state index in [9.17, 15) is 14.7 Å². The Morgan fingerprint density at radius 3 is 1.88 bits per heavy atom. The summed E-state index contributed by atoms with van der Waals surface area (Å²) in [7, 11) is 0. The zero-order valence-corrected chi connectivity index (χ0v) is 20.2. The minimum Gasteiger partial charge on any atom is -0.479 e. The molecule has 32 heavy (non-hydrogen) atoms. The van der Waals surface area contributed by atoms with Crippen molar-refractivity contribution in [2.75, 3.05) is 0 Å². The van der Waals surface area contributed by atoms with Crippen LogP contribution in [0.25, 0.3) is 0 Å². The van der Waals surface area contributed by atoms with E-state index < -0.39 is 12.1 Å². The second kappa shape index (κ2) is 18.7. The highest BCUT2D eigenvalue weighted by Crippen LogP contribution is 2.17. The number of unbranched alkanes of at least 4 members (excludes halogenated alkanes) is 9. The highest BCUT2D eigenvalue weighted by Gasteiger charge is 2.17. The summed E-state index contributed by atoms with van der Waals surface area (Å²) in [5.74, 6) is -1.06. The summed E-state index contributed by atoms with van der Waals surface area (Å²) in [5.41, 5.74) is 0.992. The van der Waals surface area contributed by atoms with Crippen molar-refractivity contribution in [1.29, 1.82) is 0 Å². The number of aliphatic carboxylic acids is 1. The molecule has 0 spiro atoms. The number of carbonyl (C=O) groups excluding carboxylic acids is 1. The summed E-state index contributed by atoms with van der Waals surface area (Å²) < 4.78 is 11.1. The maximum Gasteiger partial charge on any atom is 0.332 e. The van der Waals surface area contributed by atoms with Crippen LogP contribution >= 0.6 is 0 Å². The van der Waals surface area contributed by atoms with Crippen molar-refractivity contribution in [1.82, 2.24) is 0 Å². The molecule has 5 heteroatoms. The third kappa shape index (κ3) is 15.0. The van der Waals surface area contributed by atoms with Crippen LogP contribution in [0.5, 0.6) is 0 Å². The van der Waals surface area contributed by atoms with Gasteiger partial charge in [-0.15, -0.1) is 0 Å². The zero-order valence-electron chi connectivity index (χ0n) is 20.2. The molecule has 0 radical (unpaired) electrons. The van der Waals surface area contributed by atoms with Gasteiger partial charge in [-0.1, -0.05) is 95.0 Å². The molecule has 1 N–H and O–H groups in total. The van der Waals surface area contributed by atoms with Gasteiger partial charge in [0, 0.05) is 6.92 Å². The number of hydrogen-bond acceptors (Lipinski definition) is 4. The Bertz CT molecular complexity index is 601. The molecule has 0 heterocycles. The highest BCUT2D eigenvalue weighted by molar-refractivity contribution is 5.72. The van der Waals surface area contributed by atoms with Crippen molar-refractivity contribution < 1.29 is 24.2 Å². The molecule has 5 nitrogen and oxygen atoms in total. The van der Waals surface area contributed by atoms with E-state index in [1.807, 2.05) is 30.3 Å². The van der Waals surface area contributed by atoms with E-state index in [-0.39, 0.29) is 12.1 Å². The van der Waals surface area contributed by atoms with Crippen LogP contribution in [-0.2, 0) is 25.7 Å². The fourth-order valence-electron chi connectivity index (χ4n) is 3.93. The molecule has 1 rings (SSSR count). The maximum absolute atomic E-state index is 11.4. The fraction of sp³-hybridized carbons (Fsp3) is 0.704. The average molecular weight is 449 g/mol. The predicted octanol–water partition coefficient (Wildman–Crippen LogP) is 7.07. The van der Waals surface area contributed by atoms with Crippen LogP contribution in [0.15, 0.2) is 30.3 Å². The second-order valence-electron chi connectivity index (χ2n) is 8.76. The molecule has 2 atom stereocenters. The van der Waals surface area contributed by atoms with Crippen molar-refractivity contribution in [3.63, 3.8) is 0 Å². The number of hydrogen-bond donors (Lipinski definition) is 1.